The average molecular weight is 299 g/mol. The van der Waals surface area contributed by atoms with Crippen LogP contribution in [-0.2, 0) is 16.0 Å². The highest BCUT2D eigenvalue weighted by molar-refractivity contribution is 5.93. The molecular weight excluding hydrogens is 278 g/mol. The summed E-state index contributed by atoms with van der Waals surface area (Å²) >= 11 is 0. The standard InChI is InChI=1S/C17H21N3O2/c21-16-3-1-2-11-10-12(4-7-14(11)19-16)18-15-8-9-20(17(15)22)13-5-6-13/h4,7,10,13,15,18H,1-3,5-6,8-9H2,(H,19,21)/t15-/m1/s1. The Kier molecular flexibility index (Phi) is 3.28. The van der Waals surface area contributed by atoms with Crippen LogP contribution < -0.4 is 10.6 Å². The molecule has 3 aliphatic rings. The van der Waals surface area contributed by atoms with Crippen molar-refractivity contribution in [2.45, 2.75) is 50.6 Å². The van der Waals surface area contributed by atoms with Gasteiger partial charge in [-0.2, -0.15) is 0 Å². The summed E-state index contributed by atoms with van der Waals surface area (Å²) in [5.41, 5.74) is 3.04. The first-order valence-electron chi connectivity index (χ1n) is 8.20. The zero-order valence-corrected chi connectivity index (χ0v) is 12.6. The van der Waals surface area contributed by atoms with Gasteiger partial charge in [0.25, 0.3) is 0 Å². The second-order valence-electron chi connectivity index (χ2n) is 6.52. The van der Waals surface area contributed by atoms with E-state index in [-0.39, 0.29) is 17.9 Å². The van der Waals surface area contributed by atoms with Crippen molar-refractivity contribution in [3.8, 4) is 0 Å². The second-order valence-corrected chi connectivity index (χ2v) is 6.52. The van der Waals surface area contributed by atoms with Gasteiger partial charge < -0.3 is 15.5 Å². The van der Waals surface area contributed by atoms with E-state index in [2.05, 4.69) is 16.7 Å². The molecule has 0 unspecified atom stereocenters. The zero-order chi connectivity index (χ0) is 15.1. The Labute approximate surface area is 130 Å². The van der Waals surface area contributed by atoms with E-state index in [0.29, 0.717) is 12.5 Å². The summed E-state index contributed by atoms with van der Waals surface area (Å²) in [4.78, 5) is 26.0. The quantitative estimate of drug-likeness (QED) is 0.899. The minimum atomic E-state index is -0.0981. The highest BCUT2D eigenvalue weighted by atomic mass is 16.2. The van der Waals surface area contributed by atoms with Gasteiger partial charge in [0.1, 0.15) is 6.04 Å². The molecule has 5 heteroatoms. The van der Waals surface area contributed by atoms with E-state index in [1.165, 1.54) is 0 Å². The first-order valence-corrected chi connectivity index (χ1v) is 8.20. The molecule has 5 nitrogen and oxygen atoms in total. The summed E-state index contributed by atoms with van der Waals surface area (Å²) in [6.45, 7) is 0.877. The number of amides is 2. The lowest BCUT2D eigenvalue weighted by Crippen LogP contribution is -2.34. The minimum absolute atomic E-state index is 0.0884. The van der Waals surface area contributed by atoms with E-state index in [4.69, 9.17) is 0 Å². The highest BCUT2D eigenvalue weighted by Crippen LogP contribution is 2.32. The van der Waals surface area contributed by atoms with Gasteiger partial charge in [0, 0.05) is 30.4 Å². The first kappa shape index (κ1) is 13.6. The number of hydrogen-bond acceptors (Lipinski definition) is 3. The minimum Gasteiger partial charge on any atom is -0.374 e. The molecule has 116 valence electrons. The van der Waals surface area contributed by atoms with E-state index in [9.17, 15) is 9.59 Å². The van der Waals surface area contributed by atoms with E-state index >= 15 is 0 Å². The van der Waals surface area contributed by atoms with Crippen LogP contribution in [0.15, 0.2) is 18.2 Å². The molecule has 2 aliphatic heterocycles. The molecule has 1 aromatic rings. The number of likely N-dealkylation sites (tertiary alicyclic amines) is 1. The number of benzene rings is 1. The van der Waals surface area contributed by atoms with Crippen LogP contribution in [0, 0.1) is 0 Å². The molecule has 1 aromatic carbocycles. The topological polar surface area (TPSA) is 61.4 Å². The largest absolute Gasteiger partial charge is 0.374 e. The van der Waals surface area contributed by atoms with E-state index in [0.717, 1.165) is 55.6 Å². The van der Waals surface area contributed by atoms with Gasteiger partial charge in [0.2, 0.25) is 11.8 Å². The molecular formula is C17H21N3O2. The summed E-state index contributed by atoms with van der Waals surface area (Å²) in [5, 5.41) is 6.32. The number of rotatable bonds is 3. The van der Waals surface area contributed by atoms with Crippen LogP contribution in [0.5, 0.6) is 0 Å². The number of nitrogens with one attached hydrogen (secondary N) is 2. The molecule has 2 amide bonds. The number of carbonyl (C=O) groups excluding carboxylic acids is 2. The van der Waals surface area contributed by atoms with Crippen LogP contribution in [0.4, 0.5) is 11.4 Å². The Bertz CT molecular complexity index is 624. The molecule has 1 aliphatic carbocycles. The van der Waals surface area contributed by atoms with Gasteiger partial charge in [-0.3, -0.25) is 9.59 Å². The van der Waals surface area contributed by atoms with Crippen LogP contribution in [0.25, 0.3) is 0 Å². The van der Waals surface area contributed by atoms with E-state index in [1.54, 1.807) is 0 Å². The van der Waals surface area contributed by atoms with Crippen LogP contribution in [0.3, 0.4) is 0 Å². The molecule has 1 saturated carbocycles. The fraction of sp³-hybridized carbons (Fsp3) is 0.529. The van der Waals surface area contributed by atoms with Gasteiger partial charge in [-0.05, 0) is 55.9 Å². The third-order valence-electron chi connectivity index (χ3n) is 4.80. The number of carbonyl (C=O) groups is 2. The maximum absolute atomic E-state index is 12.4. The maximum atomic E-state index is 12.4. The molecule has 2 N–H and O–H groups in total. The lowest BCUT2D eigenvalue weighted by Gasteiger charge is -2.17. The fourth-order valence-corrected chi connectivity index (χ4v) is 3.45. The molecule has 2 fully saturated rings. The normalized spacial score (nSPS) is 24.7. The molecule has 0 radical (unpaired) electrons. The summed E-state index contributed by atoms with van der Waals surface area (Å²) in [7, 11) is 0. The van der Waals surface area contributed by atoms with E-state index < -0.39 is 0 Å². The van der Waals surface area contributed by atoms with Gasteiger partial charge in [-0.15, -0.1) is 0 Å². The fourth-order valence-electron chi connectivity index (χ4n) is 3.45. The molecule has 0 bridgehead atoms. The molecule has 22 heavy (non-hydrogen) atoms. The second kappa shape index (κ2) is 5.30. The molecule has 0 aromatic heterocycles. The molecule has 4 rings (SSSR count). The van der Waals surface area contributed by atoms with Crippen molar-refractivity contribution in [2.75, 3.05) is 17.2 Å². The van der Waals surface area contributed by atoms with Crippen LogP contribution in [-0.4, -0.2) is 35.3 Å². The van der Waals surface area contributed by atoms with Crippen molar-refractivity contribution in [3.63, 3.8) is 0 Å². The molecule has 1 saturated heterocycles. The lowest BCUT2D eigenvalue weighted by molar-refractivity contribution is -0.128. The van der Waals surface area contributed by atoms with Gasteiger partial charge in [0.05, 0.1) is 0 Å². The smallest absolute Gasteiger partial charge is 0.245 e. The molecule has 2 heterocycles. The summed E-state index contributed by atoms with van der Waals surface area (Å²) in [6, 6.07) is 6.38. The van der Waals surface area contributed by atoms with E-state index in [1.807, 2.05) is 17.0 Å². The lowest BCUT2D eigenvalue weighted by atomic mass is 10.1. The number of nitrogens with zero attached hydrogens (tertiary/aromatic N) is 1. The van der Waals surface area contributed by atoms with Crippen LogP contribution in [0.2, 0.25) is 0 Å². The summed E-state index contributed by atoms with van der Waals surface area (Å²) in [5.74, 6) is 0.330. The number of aryl methyl sites for hydroxylation is 1. The number of hydrogen-bond donors (Lipinski definition) is 2. The Morgan fingerprint density at radius 1 is 1.14 bits per heavy atom. The highest BCUT2D eigenvalue weighted by Gasteiger charge is 2.40. The van der Waals surface area contributed by atoms with Crippen molar-refractivity contribution in [3.05, 3.63) is 23.8 Å². The summed E-state index contributed by atoms with van der Waals surface area (Å²) in [6.07, 6.45) is 5.56. The van der Waals surface area contributed by atoms with Gasteiger partial charge >= 0.3 is 0 Å². The third kappa shape index (κ3) is 2.56. The molecule has 0 spiro atoms. The van der Waals surface area contributed by atoms with Gasteiger partial charge in [-0.25, -0.2) is 0 Å². The Hall–Kier alpha value is -2.04. The van der Waals surface area contributed by atoms with Crippen molar-refractivity contribution in [2.24, 2.45) is 0 Å². The Morgan fingerprint density at radius 3 is 2.82 bits per heavy atom. The van der Waals surface area contributed by atoms with Gasteiger partial charge in [0.15, 0.2) is 0 Å². The molecule has 1 atom stereocenters. The monoisotopic (exact) mass is 299 g/mol. The first-order chi connectivity index (χ1) is 10.7. The third-order valence-corrected chi connectivity index (χ3v) is 4.80. The number of fused-ring (bicyclic) bond motifs is 1. The van der Waals surface area contributed by atoms with Crippen molar-refractivity contribution >= 4 is 23.2 Å². The zero-order valence-electron chi connectivity index (χ0n) is 12.6. The Balaban J connectivity index is 1.48. The summed E-state index contributed by atoms with van der Waals surface area (Å²) < 4.78 is 0. The maximum Gasteiger partial charge on any atom is 0.245 e. The Morgan fingerprint density at radius 2 is 2.00 bits per heavy atom. The van der Waals surface area contributed by atoms with Crippen molar-refractivity contribution in [1.29, 1.82) is 0 Å². The van der Waals surface area contributed by atoms with Crippen LogP contribution in [0.1, 0.15) is 37.7 Å². The number of anilines is 2. The predicted octanol–water partition coefficient (Wildman–Crippen LogP) is 2.14. The SMILES string of the molecule is O=C1CCCc2cc(N[C@@H]3CCN(C4CC4)C3=O)ccc2N1. The van der Waals surface area contributed by atoms with Crippen molar-refractivity contribution in [1.82, 2.24) is 4.90 Å². The van der Waals surface area contributed by atoms with Gasteiger partial charge in [-0.1, -0.05) is 0 Å². The van der Waals surface area contributed by atoms with Crippen molar-refractivity contribution < 1.29 is 9.59 Å². The average Bonchev–Trinajstić information content (AvgIpc) is 3.29. The van der Waals surface area contributed by atoms with Crippen LogP contribution >= 0.6 is 0 Å². The predicted molar refractivity (Wildman–Crippen MR) is 84.8 cm³/mol.